The summed E-state index contributed by atoms with van der Waals surface area (Å²) in [6.07, 6.45) is 0. The monoisotopic (exact) mass is 113 g/mol. The van der Waals surface area contributed by atoms with Crippen LogP contribution in [0.2, 0.25) is 0 Å². The van der Waals surface area contributed by atoms with Crippen LogP contribution in [0, 0.1) is 0 Å². The minimum atomic E-state index is -0.119. The fourth-order valence-electron chi connectivity index (χ4n) is 0.396. The fraction of sp³-hybridized carbons (Fsp3) is 1.00. The average molecular weight is 113 g/mol. The zero-order valence-corrected chi connectivity index (χ0v) is 4.66. The number of hydrogen-bond donors (Lipinski definition) is 0. The standard InChI is InChI=1S/C4H7N3O/c1-4(3-8-4)2-6-7-5/h2-3H2,1H3. The quantitative estimate of drug-likeness (QED) is 0.229. The van der Waals surface area contributed by atoms with E-state index in [9.17, 15) is 0 Å². The molecule has 1 rings (SSSR count). The van der Waals surface area contributed by atoms with Crippen LogP contribution < -0.4 is 0 Å². The van der Waals surface area contributed by atoms with Crippen molar-refractivity contribution in [1.29, 1.82) is 0 Å². The molecule has 0 aromatic rings. The molecule has 44 valence electrons. The molecule has 1 atom stereocenters. The summed E-state index contributed by atoms with van der Waals surface area (Å²) in [6.45, 7) is 3.11. The predicted octanol–water partition coefficient (Wildman–Crippen LogP) is 1.09. The highest BCUT2D eigenvalue weighted by atomic mass is 16.6. The van der Waals surface area contributed by atoms with Gasteiger partial charge in [-0.25, -0.2) is 0 Å². The van der Waals surface area contributed by atoms with Gasteiger partial charge in [-0.1, -0.05) is 5.11 Å². The van der Waals surface area contributed by atoms with E-state index in [1.807, 2.05) is 6.92 Å². The fourth-order valence-corrected chi connectivity index (χ4v) is 0.396. The van der Waals surface area contributed by atoms with Crippen LogP contribution in [-0.4, -0.2) is 18.8 Å². The molecule has 0 radical (unpaired) electrons. The topological polar surface area (TPSA) is 61.3 Å². The van der Waals surface area contributed by atoms with Gasteiger partial charge >= 0.3 is 0 Å². The van der Waals surface area contributed by atoms with Crippen LogP contribution in [0.4, 0.5) is 0 Å². The summed E-state index contributed by atoms with van der Waals surface area (Å²) in [7, 11) is 0. The first kappa shape index (κ1) is 5.41. The summed E-state index contributed by atoms with van der Waals surface area (Å²) in [5.74, 6) is 0. The maximum absolute atomic E-state index is 7.86. The summed E-state index contributed by atoms with van der Waals surface area (Å²) < 4.78 is 4.93. The van der Waals surface area contributed by atoms with E-state index in [1.165, 1.54) is 0 Å². The van der Waals surface area contributed by atoms with Crippen molar-refractivity contribution in [2.75, 3.05) is 13.2 Å². The number of hydrogen-bond acceptors (Lipinski definition) is 2. The van der Waals surface area contributed by atoms with Gasteiger partial charge in [0, 0.05) is 4.91 Å². The van der Waals surface area contributed by atoms with Crippen molar-refractivity contribution in [3.05, 3.63) is 10.4 Å². The van der Waals surface area contributed by atoms with E-state index in [2.05, 4.69) is 10.0 Å². The van der Waals surface area contributed by atoms with Gasteiger partial charge in [-0.05, 0) is 12.5 Å². The molecule has 8 heavy (non-hydrogen) atoms. The number of epoxide rings is 1. The number of rotatable bonds is 2. The average Bonchev–Trinajstić information content (AvgIpc) is 2.45. The number of nitrogens with zero attached hydrogens (tertiary/aromatic N) is 3. The van der Waals surface area contributed by atoms with E-state index >= 15 is 0 Å². The van der Waals surface area contributed by atoms with Crippen LogP contribution in [0.3, 0.4) is 0 Å². The smallest absolute Gasteiger partial charge is 0.0944 e. The molecule has 1 heterocycles. The molecule has 4 heteroatoms. The van der Waals surface area contributed by atoms with Gasteiger partial charge in [0.25, 0.3) is 0 Å². The van der Waals surface area contributed by atoms with Gasteiger partial charge in [0.15, 0.2) is 0 Å². The van der Waals surface area contributed by atoms with E-state index < -0.39 is 0 Å². The minimum Gasteiger partial charge on any atom is -0.370 e. The lowest BCUT2D eigenvalue weighted by molar-refractivity contribution is 0.330. The molecule has 0 aliphatic carbocycles. The van der Waals surface area contributed by atoms with Crippen molar-refractivity contribution >= 4 is 0 Å². The lowest BCUT2D eigenvalue weighted by Gasteiger charge is -1.92. The molecule has 0 aromatic heterocycles. The largest absolute Gasteiger partial charge is 0.370 e. The molecule has 1 aliphatic rings. The first-order valence-corrected chi connectivity index (χ1v) is 2.42. The highest BCUT2D eigenvalue weighted by Gasteiger charge is 2.38. The predicted molar refractivity (Wildman–Crippen MR) is 28.4 cm³/mol. The van der Waals surface area contributed by atoms with Crippen molar-refractivity contribution in [3.8, 4) is 0 Å². The van der Waals surface area contributed by atoms with Gasteiger partial charge in [-0.2, -0.15) is 0 Å². The number of azide groups is 1. The highest BCUT2D eigenvalue weighted by Crippen LogP contribution is 2.25. The molecule has 0 aromatic carbocycles. The Hall–Kier alpha value is -0.730. The van der Waals surface area contributed by atoms with Crippen LogP contribution in [0.5, 0.6) is 0 Å². The SMILES string of the molecule is CC1(CN=[N+]=[N-])CO1. The summed E-state index contributed by atoms with van der Waals surface area (Å²) in [5.41, 5.74) is 7.74. The van der Waals surface area contributed by atoms with Gasteiger partial charge in [0.05, 0.1) is 18.8 Å². The molecule has 0 spiro atoms. The van der Waals surface area contributed by atoms with Gasteiger partial charge in [0.1, 0.15) is 0 Å². The minimum absolute atomic E-state index is 0.119. The Kier molecular flexibility index (Phi) is 1.12. The van der Waals surface area contributed by atoms with E-state index in [0.29, 0.717) is 6.54 Å². The Morgan fingerprint density at radius 3 is 3.00 bits per heavy atom. The second kappa shape index (κ2) is 1.65. The molecular formula is C4H7N3O. The lowest BCUT2D eigenvalue weighted by atomic mass is 10.2. The second-order valence-corrected chi connectivity index (χ2v) is 2.13. The third kappa shape index (κ3) is 1.12. The molecule has 4 nitrogen and oxygen atoms in total. The zero-order valence-electron chi connectivity index (χ0n) is 4.66. The van der Waals surface area contributed by atoms with E-state index in [1.54, 1.807) is 0 Å². The maximum atomic E-state index is 7.86. The van der Waals surface area contributed by atoms with Crippen molar-refractivity contribution in [1.82, 2.24) is 0 Å². The summed E-state index contributed by atoms with van der Waals surface area (Å²) in [4.78, 5) is 2.61. The Morgan fingerprint density at radius 1 is 2.00 bits per heavy atom. The summed E-state index contributed by atoms with van der Waals surface area (Å²) in [5, 5.41) is 3.36. The van der Waals surface area contributed by atoms with Gasteiger partial charge < -0.3 is 4.74 Å². The third-order valence-electron chi connectivity index (χ3n) is 1.11. The van der Waals surface area contributed by atoms with Gasteiger partial charge in [0.2, 0.25) is 0 Å². The Labute approximate surface area is 47.1 Å². The van der Waals surface area contributed by atoms with E-state index in [-0.39, 0.29) is 5.60 Å². The first-order valence-electron chi connectivity index (χ1n) is 2.42. The van der Waals surface area contributed by atoms with Gasteiger partial charge in [-0.3, -0.25) is 0 Å². The molecular weight excluding hydrogens is 106 g/mol. The Morgan fingerprint density at radius 2 is 2.62 bits per heavy atom. The molecule has 0 bridgehead atoms. The Balaban J connectivity index is 2.29. The lowest BCUT2D eigenvalue weighted by Crippen LogP contribution is -2.07. The summed E-state index contributed by atoms with van der Waals surface area (Å²) >= 11 is 0. The van der Waals surface area contributed by atoms with E-state index in [4.69, 9.17) is 10.3 Å². The first-order chi connectivity index (χ1) is 3.77. The summed E-state index contributed by atoms with van der Waals surface area (Å²) in [6, 6.07) is 0. The molecule has 1 unspecified atom stereocenters. The molecule has 1 aliphatic heterocycles. The van der Waals surface area contributed by atoms with Crippen LogP contribution in [-0.2, 0) is 4.74 Å². The Bertz CT molecular complexity index is 134. The normalized spacial score (nSPS) is 33.6. The van der Waals surface area contributed by atoms with Gasteiger partial charge in [-0.15, -0.1) is 0 Å². The molecule has 1 fully saturated rings. The molecule has 0 saturated carbocycles. The third-order valence-corrected chi connectivity index (χ3v) is 1.11. The zero-order chi connectivity index (χ0) is 6.04. The maximum Gasteiger partial charge on any atom is 0.0944 e. The van der Waals surface area contributed by atoms with Crippen molar-refractivity contribution < 1.29 is 4.74 Å². The molecule has 0 amide bonds. The number of ether oxygens (including phenoxy) is 1. The highest BCUT2D eigenvalue weighted by molar-refractivity contribution is 4.88. The molecule has 1 saturated heterocycles. The van der Waals surface area contributed by atoms with Crippen LogP contribution in [0.15, 0.2) is 5.11 Å². The van der Waals surface area contributed by atoms with Crippen molar-refractivity contribution in [2.45, 2.75) is 12.5 Å². The van der Waals surface area contributed by atoms with Crippen molar-refractivity contribution in [2.24, 2.45) is 5.11 Å². The second-order valence-electron chi connectivity index (χ2n) is 2.13. The van der Waals surface area contributed by atoms with E-state index in [0.717, 1.165) is 6.61 Å². The van der Waals surface area contributed by atoms with Crippen LogP contribution in [0.1, 0.15) is 6.92 Å². The van der Waals surface area contributed by atoms with Crippen LogP contribution in [0.25, 0.3) is 10.4 Å². The van der Waals surface area contributed by atoms with Crippen LogP contribution >= 0.6 is 0 Å². The van der Waals surface area contributed by atoms with Crippen molar-refractivity contribution in [3.63, 3.8) is 0 Å². The molecule has 0 N–H and O–H groups in total.